The summed E-state index contributed by atoms with van der Waals surface area (Å²) in [6, 6.07) is 84.1. The molecule has 19 rings (SSSR count). The SMILES string of the molecule is [2H]C([2H])([2H])N1[C]2=[Pt]=[C]3N(c4[c-]c(cc(-c5ccncc5)c4)N(c4ccc(N5c6[c-]c(cc(-c7ccncc7)c6)N6[C](=[Pt]=[C]7N(c8[c-]c5cc(-c5ccncc5)c8)c5ccccc5N7C([2H])([2H])[2H])N(C([2H])([2H])[2H])c5ccccc56)cc4)c4[c-]c(cc(-c5ccncc5)c4)N2c2ccccc21)c1ccccc1N3C([2H])([2H])[2H]. The summed E-state index contributed by atoms with van der Waals surface area (Å²) in [5.74, 6) is 0. The number of hydrogen-bond acceptors (Lipinski definition) is 14. The molecule has 8 bridgehead atoms. The van der Waals surface area contributed by atoms with Crippen molar-refractivity contribution in [2.24, 2.45) is 0 Å². The van der Waals surface area contributed by atoms with Crippen LogP contribution in [0.4, 0.5) is 102 Å². The normalized spacial score (nSPS) is 17.3. The summed E-state index contributed by atoms with van der Waals surface area (Å²) < 4.78 is 114. The van der Waals surface area contributed by atoms with Crippen LogP contribution in [0.5, 0.6) is 0 Å². The van der Waals surface area contributed by atoms with E-state index in [1.54, 1.807) is 98.1 Å². The van der Waals surface area contributed by atoms with E-state index >= 15 is 0 Å². The van der Waals surface area contributed by atoms with Crippen molar-refractivity contribution in [1.82, 2.24) is 19.9 Å². The quantitative estimate of drug-likeness (QED) is 0.148. The molecule has 478 valence electrons. The molecule has 6 aliphatic heterocycles. The third-order valence-electron chi connectivity index (χ3n) is 17.8. The van der Waals surface area contributed by atoms with Crippen molar-refractivity contribution in [3.8, 4) is 44.5 Å². The molecule has 16 heteroatoms. The van der Waals surface area contributed by atoms with Gasteiger partial charge < -0.3 is 0 Å². The van der Waals surface area contributed by atoms with Crippen LogP contribution in [0, 0.1) is 24.3 Å². The van der Waals surface area contributed by atoms with Crippen molar-refractivity contribution in [1.29, 1.82) is 0 Å². The number of rotatable bonds is 6. The first-order chi connectivity index (χ1) is 53.1. The number of para-hydroxylation sites is 8. The van der Waals surface area contributed by atoms with E-state index in [1.807, 2.05) is 189 Å². The Bertz CT molecular complexity index is 5360. The minimum absolute atomic E-state index is 0.355. The molecule has 4 aromatic heterocycles. The molecule has 0 radical (unpaired) electrons. The Kier molecular flexibility index (Phi) is 11.0. The third-order valence-corrected chi connectivity index (χ3v) is 23.9. The molecular formula is C82H56N14Pt2-4. The molecular weight excluding hydrogens is 1570 g/mol. The predicted octanol–water partition coefficient (Wildman–Crippen LogP) is 17.0. The second kappa shape index (κ2) is 23.1. The zero-order chi connectivity index (χ0) is 75.3. The maximum atomic E-state index is 9.39. The molecule has 0 saturated heterocycles. The van der Waals surface area contributed by atoms with Crippen LogP contribution in [0.2, 0.25) is 0 Å². The van der Waals surface area contributed by atoms with Crippen LogP contribution in [-0.4, -0.2) is 64.4 Å². The number of hydrogen-bond donors (Lipinski definition) is 0. The summed E-state index contributed by atoms with van der Waals surface area (Å²) in [7, 11) is 0. The number of nitrogens with zero attached hydrogens (tertiary/aromatic N) is 14. The molecule has 98 heavy (non-hydrogen) atoms. The first kappa shape index (κ1) is 46.5. The molecule has 13 aromatic rings. The van der Waals surface area contributed by atoms with Crippen LogP contribution < -0.4 is 49.0 Å². The van der Waals surface area contributed by atoms with Gasteiger partial charge in [-0.05, 0) is 0 Å². The molecule has 0 atom stereocenters. The molecule has 9 aromatic carbocycles. The number of anilines is 18. The second-order valence-corrected chi connectivity index (χ2v) is 28.7. The number of fused-ring (bicyclic) bond motifs is 24. The first-order valence-electron chi connectivity index (χ1n) is 37.1. The molecule has 0 N–H and O–H groups in total. The van der Waals surface area contributed by atoms with E-state index in [9.17, 15) is 16.4 Å². The number of benzene rings is 9. The Balaban J connectivity index is 0.904. The molecule has 0 saturated carbocycles. The fourth-order valence-corrected chi connectivity index (χ4v) is 19.6. The fraction of sp³-hybridized carbons (Fsp3) is 0.0488. The summed E-state index contributed by atoms with van der Waals surface area (Å²) in [5.41, 5.74) is 15.0. The number of aromatic nitrogens is 4. The summed E-state index contributed by atoms with van der Waals surface area (Å²) in [6.07, 6.45) is 13.7. The van der Waals surface area contributed by atoms with E-state index in [4.69, 9.17) is 0 Å². The van der Waals surface area contributed by atoms with Gasteiger partial charge in [0.1, 0.15) is 0 Å². The first-order valence-corrected chi connectivity index (χ1v) is 35.7. The maximum absolute atomic E-state index is 9.39. The molecule has 10 heterocycles. The third kappa shape index (κ3) is 9.37. The van der Waals surface area contributed by atoms with Gasteiger partial charge in [0.25, 0.3) is 0 Å². The van der Waals surface area contributed by atoms with Gasteiger partial charge in [-0.15, -0.1) is 0 Å². The Labute approximate surface area is 600 Å². The zero-order valence-electron chi connectivity index (χ0n) is 63.3. The molecule has 0 unspecified atom stereocenters. The zero-order valence-corrected chi connectivity index (χ0v) is 55.8. The van der Waals surface area contributed by atoms with Gasteiger partial charge in [0.15, 0.2) is 0 Å². The Morgan fingerprint density at radius 3 is 0.663 bits per heavy atom. The second-order valence-electron chi connectivity index (χ2n) is 23.5. The van der Waals surface area contributed by atoms with Crippen molar-refractivity contribution < 1.29 is 51.7 Å². The standard InChI is InChI=1S/C82H56N14.2Pt/c1-87-53-91(79-17-9-5-13-75(79)87)67-41-61(57-25-33-83-34-26-57)45-71(49-67)95(72-46-62(58-27-35-84-36-28-58)42-68(50-72)92-54-88(2)76-14-6-10-18-80(76)92)65-21-23-66(24-22-65)96(73-47-63(59-29-37-85-38-30-59)43-69(51-73)93-55-89(3)77-15-7-11-19-81(77)93)74-48-64(60-31-39-86-40-32-60)44-70(52-74)94-56-90(4)78-16-8-12-20-82(78)94;;/h5-48H,1-4H3;;/q-4;;/i1D3,2D3,3D3,4D3;;. The van der Waals surface area contributed by atoms with Crippen LogP contribution in [-0.2, 0) is 35.3 Å². The van der Waals surface area contributed by atoms with Crippen LogP contribution in [0.1, 0.15) is 16.4 Å². The van der Waals surface area contributed by atoms with Gasteiger partial charge in [0.05, 0.1) is 0 Å². The van der Waals surface area contributed by atoms with Crippen LogP contribution >= 0.6 is 0 Å². The predicted molar refractivity (Wildman–Crippen MR) is 392 cm³/mol. The van der Waals surface area contributed by atoms with Crippen LogP contribution in [0.3, 0.4) is 0 Å². The van der Waals surface area contributed by atoms with Gasteiger partial charge in [-0.1, -0.05) is 0 Å². The van der Waals surface area contributed by atoms with Crippen molar-refractivity contribution in [3.63, 3.8) is 0 Å². The molecule has 0 fully saturated rings. The summed E-state index contributed by atoms with van der Waals surface area (Å²) >= 11 is -3.74. The number of pyridine rings is 4. The molecule has 0 aliphatic carbocycles. The topological polar surface area (TPSA) is 84.0 Å². The van der Waals surface area contributed by atoms with Gasteiger partial charge in [-0.3, -0.25) is 0 Å². The van der Waals surface area contributed by atoms with Crippen LogP contribution in [0.25, 0.3) is 44.5 Å². The van der Waals surface area contributed by atoms with Crippen molar-refractivity contribution in [2.75, 3.05) is 76.9 Å². The van der Waals surface area contributed by atoms with E-state index in [0.717, 1.165) is 44.5 Å². The van der Waals surface area contributed by atoms with E-state index in [-0.39, 0.29) is 0 Å². The van der Waals surface area contributed by atoms with Gasteiger partial charge in [-0.25, -0.2) is 0 Å². The van der Waals surface area contributed by atoms with Gasteiger partial charge in [0, 0.05) is 0 Å². The monoisotopic (exact) mass is 1640 g/mol. The van der Waals surface area contributed by atoms with E-state index < -0.39 is 63.2 Å². The van der Waals surface area contributed by atoms with E-state index in [0.29, 0.717) is 119 Å². The van der Waals surface area contributed by atoms with Gasteiger partial charge >= 0.3 is 604 Å². The molecule has 14 nitrogen and oxygen atoms in total. The van der Waals surface area contributed by atoms with E-state index in [1.165, 1.54) is 19.6 Å². The average Bonchev–Trinajstić information content (AvgIpc) is 1.56. The molecule has 0 amide bonds. The minimum atomic E-state index is -2.77. The van der Waals surface area contributed by atoms with Crippen molar-refractivity contribution in [3.05, 3.63) is 292 Å². The fourth-order valence-electron chi connectivity index (χ4n) is 13.3. The van der Waals surface area contributed by atoms with E-state index in [2.05, 4.69) is 54.0 Å². The summed E-state index contributed by atoms with van der Waals surface area (Å²) in [5, 5.41) is 0. The Morgan fingerprint density at radius 1 is 0.245 bits per heavy atom. The average molecular weight is 1640 g/mol. The Morgan fingerprint density at radius 2 is 0.449 bits per heavy atom. The molecule has 6 aliphatic rings. The van der Waals surface area contributed by atoms with Crippen LogP contribution in [0.15, 0.2) is 268 Å². The van der Waals surface area contributed by atoms with Crippen molar-refractivity contribution in [2.45, 2.75) is 0 Å². The van der Waals surface area contributed by atoms with Gasteiger partial charge in [-0.2, -0.15) is 0 Å². The summed E-state index contributed by atoms with van der Waals surface area (Å²) in [4.78, 5) is 35.0. The van der Waals surface area contributed by atoms with Gasteiger partial charge in [0.2, 0.25) is 0 Å². The Hall–Kier alpha value is -11.6. The summed E-state index contributed by atoms with van der Waals surface area (Å²) in [6.45, 7) is -11.1. The molecule has 0 spiro atoms. The van der Waals surface area contributed by atoms with Crippen molar-refractivity contribution >= 4 is 119 Å².